The molecule has 0 spiro atoms. The Morgan fingerprint density at radius 3 is 2.11 bits per heavy atom. The molecular formula is C9H22O8SSi. The summed E-state index contributed by atoms with van der Waals surface area (Å²) in [6.45, 7) is 0.134. The molecule has 0 fully saturated rings. The molecule has 0 radical (unpaired) electrons. The predicted molar refractivity (Wildman–Crippen MR) is 69.4 cm³/mol. The molecule has 1 unspecified atom stereocenters. The zero-order valence-electron chi connectivity index (χ0n) is 11.4. The second-order valence-corrected chi connectivity index (χ2v) is 8.46. The quantitative estimate of drug-likeness (QED) is 0.298. The first-order valence-electron chi connectivity index (χ1n) is 5.65. The second kappa shape index (κ2) is 8.97. The lowest BCUT2D eigenvalue weighted by Gasteiger charge is -2.24. The highest BCUT2D eigenvalue weighted by Gasteiger charge is 2.36. The third kappa shape index (κ3) is 8.65. The van der Waals surface area contributed by atoms with E-state index in [2.05, 4.69) is 0 Å². The Labute approximate surface area is 114 Å². The van der Waals surface area contributed by atoms with Crippen molar-refractivity contribution in [2.45, 2.75) is 18.6 Å². The van der Waals surface area contributed by atoms with E-state index < -0.39 is 30.8 Å². The van der Waals surface area contributed by atoms with Crippen molar-refractivity contribution in [3.05, 3.63) is 0 Å². The molecule has 0 rings (SSSR count). The summed E-state index contributed by atoms with van der Waals surface area (Å²) in [5.74, 6) is -0.736. The van der Waals surface area contributed by atoms with Crippen LogP contribution < -0.4 is 0 Å². The van der Waals surface area contributed by atoms with Crippen molar-refractivity contribution in [1.29, 1.82) is 0 Å². The van der Waals surface area contributed by atoms with Gasteiger partial charge in [-0.1, -0.05) is 0 Å². The summed E-state index contributed by atoms with van der Waals surface area (Å²) < 4.78 is 50.2. The van der Waals surface area contributed by atoms with Crippen molar-refractivity contribution in [1.82, 2.24) is 0 Å². The van der Waals surface area contributed by atoms with Crippen molar-refractivity contribution in [3.63, 3.8) is 0 Å². The van der Waals surface area contributed by atoms with E-state index in [0.717, 1.165) is 0 Å². The molecule has 0 aliphatic rings. The molecule has 0 saturated carbocycles. The van der Waals surface area contributed by atoms with E-state index >= 15 is 0 Å². The Morgan fingerprint density at radius 2 is 1.68 bits per heavy atom. The molecule has 0 aromatic rings. The zero-order valence-corrected chi connectivity index (χ0v) is 13.2. The molecular weight excluding hydrogens is 296 g/mol. The van der Waals surface area contributed by atoms with E-state index in [1.165, 1.54) is 21.3 Å². The van der Waals surface area contributed by atoms with E-state index in [1.54, 1.807) is 0 Å². The van der Waals surface area contributed by atoms with Gasteiger partial charge in [-0.25, -0.2) is 0 Å². The Bertz CT molecular complexity index is 321. The molecule has 0 aliphatic carbocycles. The van der Waals surface area contributed by atoms with E-state index in [0.29, 0.717) is 19.1 Å². The van der Waals surface area contributed by atoms with Gasteiger partial charge in [-0.15, -0.1) is 0 Å². The van der Waals surface area contributed by atoms with Crippen LogP contribution in [0.2, 0.25) is 6.04 Å². The molecule has 0 amide bonds. The molecule has 0 aliphatic heterocycles. The highest BCUT2D eigenvalue weighted by Crippen LogP contribution is 2.14. The van der Waals surface area contributed by atoms with E-state index in [1.807, 2.05) is 0 Å². The monoisotopic (exact) mass is 318 g/mol. The standard InChI is InChI=1S/C9H22O8SSi/c1-14-19(15-2,16-3)6-4-5-17-7-9(10)8-18(11,12)13/h9-10H,4-8H2,1-3H3,(H,11,12,13). The first-order chi connectivity index (χ1) is 8.78. The minimum absolute atomic E-state index is 0.165. The fourth-order valence-corrected chi connectivity index (χ4v) is 3.73. The zero-order chi connectivity index (χ0) is 14.9. The van der Waals surface area contributed by atoms with Gasteiger partial charge in [0.2, 0.25) is 0 Å². The normalized spacial score (nSPS) is 14.6. The van der Waals surface area contributed by atoms with Gasteiger partial charge in [-0.05, 0) is 6.42 Å². The van der Waals surface area contributed by atoms with Gasteiger partial charge in [-0.3, -0.25) is 4.55 Å². The van der Waals surface area contributed by atoms with E-state index in [9.17, 15) is 13.5 Å². The van der Waals surface area contributed by atoms with Gasteiger partial charge in [0, 0.05) is 34.0 Å². The molecule has 116 valence electrons. The fraction of sp³-hybridized carbons (Fsp3) is 1.00. The molecule has 0 bridgehead atoms. The van der Waals surface area contributed by atoms with Crippen LogP contribution in [0.4, 0.5) is 0 Å². The SMILES string of the molecule is CO[Si](CCCOCC(O)CS(=O)(=O)O)(OC)OC. The molecule has 19 heavy (non-hydrogen) atoms. The van der Waals surface area contributed by atoms with Crippen LogP contribution >= 0.6 is 0 Å². The fourth-order valence-electron chi connectivity index (χ4n) is 1.46. The third-order valence-electron chi connectivity index (χ3n) is 2.42. The summed E-state index contributed by atoms with van der Waals surface area (Å²) in [5.41, 5.74) is 0. The Hall–Kier alpha value is -0.0731. The third-order valence-corrected chi connectivity index (χ3v) is 6.06. The van der Waals surface area contributed by atoms with Crippen molar-refractivity contribution in [2.24, 2.45) is 0 Å². The molecule has 2 N–H and O–H groups in total. The minimum Gasteiger partial charge on any atom is -0.390 e. The van der Waals surface area contributed by atoms with Crippen molar-refractivity contribution >= 4 is 18.9 Å². The van der Waals surface area contributed by atoms with Gasteiger partial charge in [-0.2, -0.15) is 8.42 Å². The maximum absolute atomic E-state index is 10.5. The lowest BCUT2D eigenvalue weighted by atomic mass is 10.4. The number of hydrogen-bond donors (Lipinski definition) is 2. The highest BCUT2D eigenvalue weighted by atomic mass is 32.2. The van der Waals surface area contributed by atoms with Crippen molar-refractivity contribution in [3.8, 4) is 0 Å². The molecule has 0 saturated heterocycles. The van der Waals surface area contributed by atoms with Crippen LogP contribution in [0, 0.1) is 0 Å². The summed E-state index contributed by atoms with van der Waals surface area (Å²) in [6, 6.07) is 0.547. The maximum atomic E-state index is 10.5. The van der Waals surface area contributed by atoms with E-state index in [4.69, 9.17) is 22.6 Å². The molecule has 0 aromatic heterocycles. The number of ether oxygens (including phenoxy) is 1. The molecule has 1 atom stereocenters. The summed E-state index contributed by atoms with van der Waals surface area (Å²) in [5, 5.41) is 9.25. The predicted octanol–water partition coefficient (Wildman–Crippen LogP) is -0.480. The lowest BCUT2D eigenvalue weighted by Crippen LogP contribution is -2.42. The first kappa shape index (κ1) is 18.9. The van der Waals surface area contributed by atoms with Crippen LogP contribution in [0.15, 0.2) is 0 Å². The summed E-state index contributed by atoms with van der Waals surface area (Å²) in [7, 11) is -2.27. The van der Waals surface area contributed by atoms with Crippen LogP contribution in [0.5, 0.6) is 0 Å². The molecule has 0 heterocycles. The van der Waals surface area contributed by atoms with Crippen molar-refractivity contribution in [2.75, 3.05) is 40.3 Å². The lowest BCUT2D eigenvalue weighted by molar-refractivity contribution is 0.0448. The van der Waals surface area contributed by atoms with Crippen LogP contribution in [-0.2, 0) is 28.1 Å². The van der Waals surface area contributed by atoms with Gasteiger partial charge in [0.25, 0.3) is 10.1 Å². The first-order valence-corrected chi connectivity index (χ1v) is 9.19. The summed E-state index contributed by atoms with van der Waals surface area (Å²) in [6.07, 6.45) is -0.662. The van der Waals surface area contributed by atoms with E-state index in [-0.39, 0.29) is 6.61 Å². The largest absolute Gasteiger partial charge is 0.500 e. The Balaban J connectivity index is 3.81. The van der Waals surface area contributed by atoms with Crippen LogP contribution in [0.25, 0.3) is 0 Å². The Kier molecular flexibility index (Phi) is 8.94. The topological polar surface area (TPSA) is 112 Å². The van der Waals surface area contributed by atoms with Gasteiger partial charge in [0.15, 0.2) is 0 Å². The average molecular weight is 318 g/mol. The van der Waals surface area contributed by atoms with Crippen LogP contribution in [0.1, 0.15) is 6.42 Å². The molecule has 10 heteroatoms. The van der Waals surface area contributed by atoms with Gasteiger partial charge in [0.1, 0.15) is 5.75 Å². The minimum atomic E-state index is -4.18. The molecule has 8 nitrogen and oxygen atoms in total. The van der Waals surface area contributed by atoms with Gasteiger partial charge in [0.05, 0.1) is 12.7 Å². The van der Waals surface area contributed by atoms with Crippen molar-refractivity contribution < 1.29 is 36.1 Å². The maximum Gasteiger partial charge on any atom is 0.500 e. The average Bonchev–Trinajstić information content (AvgIpc) is 2.32. The summed E-state index contributed by atoms with van der Waals surface area (Å²) in [4.78, 5) is 0. The number of rotatable bonds is 11. The van der Waals surface area contributed by atoms with Gasteiger partial charge >= 0.3 is 8.80 Å². The van der Waals surface area contributed by atoms with Crippen LogP contribution in [0.3, 0.4) is 0 Å². The second-order valence-electron chi connectivity index (χ2n) is 3.88. The highest BCUT2D eigenvalue weighted by molar-refractivity contribution is 7.85. The summed E-state index contributed by atoms with van der Waals surface area (Å²) >= 11 is 0. The number of aliphatic hydroxyl groups is 1. The molecule has 0 aromatic carbocycles. The van der Waals surface area contributed by atoms with Gasteiger partial charge < -0.3 is 23.1 Å². The smallest absolute Gasteiger partial charge is 0.390 e. The Morgan fingerprint density at radius 1 is 1.16 bits per heavy atom. The number of aliphatic hydroxyl groups excluding tert-OH is 1. The van der Waals surface area contributed by atoms with Crippen LogP contribution in [-0.4, -0.2) is 73.3 Å². The number of hydrogen-bond acceptors (Lipinski definition) is 7.